The van der Waals surface area contributed by atoms with Crippen molar-refractivity contribution in [3.05, 3.63) is 54.8 Å². The molecule has 0 aliphatic carbocycles. The molecular weight excluding hydrogens is 270 g/mol. The summed E-state index contributed by atoms with van der Waals surface area (Å²) in [5.41, 5.74) is 1.58. The first-order valence-electron chi connectivity index (χ1n) is 6.75. The van der Waals surface area contributed by atoms with Crippen molar-refractivity contribution in [1.29, 1.82) is 0 Å². The van der Waals surface area contributed by atoms with Gasteiger partial charge in [-0.3, -0.25) is 4.31 Å². The fourth-order valence-corrected chi connectivity index (χ4v) is 3.41. The Morgan fingerprint density at radius 3 is 2.35 bits per heavy atom. The molecule has 0 spiro atoms. The molecule has 3 nitrogen and oxygen atoms in total. The van der Waals surface area contributed by atoms with Crippen LogP contribution in [0.1, 0.15) is 31.7 Å². The highest BCUT2D eigenvalue weighted by Crippen LogP contribution is 2.20. The minimum atomic E-state index is -3.50. The molecule has 0 unspecified atom stereocenters. The molecule has 0 bridgehead atoms. The summed E-state index contributed by atoms with van der Waals surface area (Å²) in [5.74, 6) is 0. The van der Waals surface area contributed by atoms with E-state index in [0.717, 1.165) is 24.8 Å². The zero-order valence-corrected chi connectivity index (χ0v) is 13.1. The molecule has 0 aromatic heterocycles. The summed E-state index contributed by atoms with van der Waals surface area (Å²) < 4.78 is 26.6. The van der Waals surface area contributed by atoms with Crippen LogP contribution < -0.4 is 0 Å². The van der Waals surface area contributed by atoms with Crippen LogP contribution in [0.2, 0.25) is 0 Å². The summed E-state index contributed by atoms with van der Waals surface area (Å²) in [7, 11) is -3.50. The molecule has 1 aromatic rings. The van der Waals surface area contributed by atoms with Gasteiger partial charge in [0, 0.05) is 12.2 Å². The van der Waals surface area contributed by atoms with Gasteiger partial charge in [0.2, 0.25) is 0 Å². The van der Waals surface area contributed by atoms with E-state index in [4.69, 9.17) is 0 Å². The maximum Gasteiger partial charge on any atom is 0.264 e. The Kier molecular flexibility index (Phi) is 6.02. The average Bonchev–Trinajstić information content (AvgIpc) is 2.38. The Balaban J connectivity index is 2.91. The van der Waals surface area contributed by atoms with Crippen molar-refractivity contribution in [2.24, 2.45) is 0 Å². The smallest absolute Gasteiger partial charge is 0.264 e. The molecule has 1 rings (SSSR count). The molecule has 0 amide bonds. The van der Waals surface area contributed by atoms with Crippen LogP contribution in [0.25, 0.3) is 0 Å². The van der Waals surface area contributed by atoms with E-state index in [1.807, 2.05) is 13.0 Å². The van der Waals surface area contributed by atoms with Crippen LogP contribution in [0.3, 0.4) is 0 Å². The number of aryl methyl sites for hydroxylation is 1. The average molecular weight is 293 g/mol. The van der Waals surface area contributed by atoms with Crippen molar-refractivity contribution < 1.29 is 8.42 Å². The van der Waals surface area contributed by atoms with E-state index in [0.29, 0.717) is 17.1 Å². The zero-order valence-electron chi connectivity index (χ0n) is 12.3. The molecule has 110 valence electrons. The number of benzene rings is 1. The van der Waals surface area contributed by atoms with Gasteiger partial charge in [0.25, 0.3) is 10.0 Å². The van der Waals surface area contributed by atoms with Crippen LogP contribution >= 0.6 is 0 Å². The maximum atomic E-state index is 12.6. The van der Waals surface area contributed by atoms with Gasteiger partial charge in [0.05, 0.1) is 4.90 Å². The van der Waals surface area contributed by atoms with Gasteiger partial charge < -0.3 is 0 Å². The summed E-state index contributed by atoms with van der Waals surface area (Å²) in [4.78, 5) is 0.315. The van der Waals surface area contributed by atoms with Crippen molar-refractivity contribution in [3.63, 3.8) is 0 Å². The van der Waals surface area contributed by atoms with Gasteiger partial charge in [0.1, 0.15) is 0 Å². The molecule has 0 radical (unpaired) electrons. The quantitative estimate of drug-likeness (QED) is 0.539. The molecule has 0 heterocycles. The number of hydrogen-bond acceptors (Lipinski definition) is 2. The number of unbranched alkanes of at least 4 members (excludes halogenated alkanes) is 2. The molecule has 1 aromatic carbocycles. The van der Waals surface area contributed by atoms with Crippen LogP contribution in [0.4, 0.5) is 0 Å². The molecule has 0 aliphatic rings. The lowest BCUT2D eigenvalue weighted by Crippen LogP contribution is -2.30. The largest absolute Gasteiger partial charge is 0.271 e. The van der Waals surface area contributed by atoms with E-state index in [9.17, 15) is 8.42 Å². The summed E-state index contributed by atoms with van der Waals surface area (Å²) in [5, 5.41) is 0. The second-order valence-electron chi connectivity index (χ2n) is 4.91. The van der Waals surface area contributed by atoms with E-state index >= 15 is 0 Å². The second kappa shape index (κ2) is 7.29. The molecule has 20 heavy (non-hydrogen) atoms. The maximum absolute atomic E-state index is 12.6. The van der Waals surface area contributed by atoms with Gasteiger partial charge in [-0.1, -0.05) is 30.4 Å². The van der Waals surface area contributed by atoms with Gasteiger partial charge in [-0.15, -0.1) is 6.58 Å². The van der Waals surface area contributed by atoms with E-state index in [2.05, 4.69) is 13.2 Å². The molecule has 0 saturated heterocycles. The fourth-order valence-electron chi connectivity index (χ4n) is 1.90. The van der Waals surface area contributed by atoms with Gasteiger partial charge in [-0.25, -0.2) is 8.42 Å². The highest BCUT2D eigenvalue weighted by molar-refractivity contribution is 7.89. The summed E-state index contributed by atoms with van der Waals surface area (Å²) >= 11 is 0. The van der Waals surface area contributed by atoms with Crippen molar-refractivity contribution in [1.82, 2.24) is 4.31 Å². The monoisotopic (exact) mass is 293 g/mol. The van der Waals surface area contributed by atoms with Crippen molar-refractivity contribution in [2.45, 2.75) is 38.0 Å². The van der Waals surface area contributed by atoms with Crippen LogP contribution in [0.5, 0.6) is 0 Å². The predicted octanol–water partition coefficient (Wildman–Crippen LogP) is 3.88. The first-order valence-corrected chi connectivity index (χ1v) is 8.19. The molecular formula is C16H23NO2S. The van der Waals surface area contributed by atoms with E-state index in [1.165, 1.54) is 4.31 Å². The fraction of sp³-hybridized carbons (Fsp3) is 0.375. The lowest BCUT2D eigenvalue weighted by atomic mass is 10.2. The van der Waals surface area contributed by atoms with Gasteiger partial charge in [-0.05, 0) is 45.2 Å². The van der Waals surface area contributed by atoms with Crippen LogP contribution in [-0.2, 0) is 10.0 Å². The van der Waals surface area contributed by atoms with E-state index < -0.39 is 10.0 Å². The van der Waals surface area contributed by atoms with Crippen LogP contribution in [0, 0.1) is 6.92 Å². The van der Waals surface area contributed by atoms with Gasteiger partial charge in [-0.2, -0.15) is 0 Å². The lowest BCUT2D eigenvalue weighted by molar-refractivity contribution is 0.463. The minimum Gasteiger partial charge on any atom is -0.271 e. The second-order valence-corrected chi connectivity index (χ2v) is 6.77. The van der Waals surface area contributed by atoms with Crippen molar-refractivity contribution in [2.75, 3.05) is 6.54 Å². The highest BCUT2D eigenvalue weighted by Gasteiger charge is 2.23. The van der Waals surface area contributed by atoms with E-state index in [-0.39, 0.29) is 0 Å². The number of allylic oxidation sites excluding steroid dienone is 2. The van der Waals surface area contributed by atoms with Gasteiger partial charge >= 0.3 is 0 Å². The summed E-state index contributed by atoms with van der Waals surface area (Å²) in [6.07, 6.45) is 4.47. The first kappa shape index (κ1) is 16.5. The first-order chi connectivity index (χ1) is 9.39. The topological polar surface area (TPSA) is 37.4 Å². The third-order valence-corrected chi connectivity index (χ3v) is 5.00. The van der Waals surface area contributed by atoms with E-state index in [1.54, 1.807) is 31.2 Å². The number of sulfonamides is 1. The summed E-state index contributed by atoms with van der Waals surface area (Å²) in [6.45, 7) is 11.6. The Hall–Kier alpha value is -1.55. The summed E-state index contributed by atoms with van der Waals surface area (Å²) in [6, 6.07) is 6.90. The number of hydrogen-bond donors (Lipinski definition) is 0. The third-order valence-electron chi connectivity index (χ3n) is 3.05. The Morgan fingerprint density at radius 2 is 1.85 bits per heavy atom. The van der Waals surface area contributed by atoms with Gasteiger partial charge in [0.15, 0.2) is 0 Å². The molecule has 0 N–H and O–H groups in total. The third kappa shape index (κ3) is 4.23. The Morgan fingerprint density at radius 1 is 1.25 bits per heavy atom. The zero-order chi connectivity index (χ0) is 15.2. The Bertz CT molecular complexity index is 559. The Labute approximate surface area is 122 Å². The molecule has 0 fully saturated rings. The predicted molar refractivity (Wildman–Crippen MR) is 83.9 cm³/mol. The standard InChI is InChI=1S/C16H23NO2S/c1-5-6-7-8-13-17(14(2)3)20(18,19)16-11-9-15(4)10-12-16/h5,9-12H,1-2,6-8,13H2,3-4H3. The molecule has 0 saturated carbocycles. The SMILES string of the molecule is C=CCCCCN(C(=C)C)S(=O)(=O)c1ccc(C)cc1. The number of nitrogens with zero attached hydrogens (tertiary/aromatic N) is 1. The van der Waals surface area contributed by atoms with Crippen LogP contribution in [-0.4, -0.2) is 19.3 Å². The normalized spacial score (nSPS) is 11.1. The lowest BCUT2D eigenvalue weighted by Gasteiger charge is -2.24. The van der Waals surface area contributed by atoms with Crippen molar-refractivity contribution >= 4 is 10.0 Å². The minimum absolute atomic E-state index is 0.315. The molecule has 0 aliphatic heterocycles. The number of rotatable bonds is 8. The van der Waals surface area contributed by atoms with Crippen molar-refractivity contribution in [3.8, 4) is 0 Å². The molecule has 4 heteroatoms. The molecule has 0 atom stereocenters. The highest BCUT2D eigenvalue weighted by atomic mass is 32.2. The van der Waals surface area contributed by atoms with Crippen LogP contribution in [0.15, 0.2) is 54.1 Å².